The minimum absolute atomic E-state index is 0.200. The number of halogens is 1. The largest absolute Gasteiger partial charge is 0.385 e. The number of hydrogen-bond donors (Lipinski definition) is 1. The van der Waals surface area contributed by atoms with Crippen molar-refractivity contribution >= 4 is 0 Å². The summed E-state index contributed by atoms with van der Waals surface area (Å²) < 4.78 is 16.7. The van der Waals surface area contributed by atoms with Crippen LogP contribution < -0.4 is 5.32 Å². The molecule has 12 heavy (non-hydrogen) atoms. The van der Waals surface area contributed by atoms with Gasteiger partial charge in [0, 0.05) is 26.8 Å². The van der Waals surface area contributed by atoms with Crippen LogP contribution in [-0.2, 0) is 4.74 Å². The predicted octanol–water partition coefficient (Wildman–Crippen LogP) is 1.61. The highest BCUT2D eigenvalue weighted by Crippen LogP contribution is 2.18. The molecule has 0 unspecified atom stereocenters. The molecule has 3 heteroatoms. The molecule has 0 radical (unpaired) electrons. The maximum absolute atomic E-state index is 11.7. The maximum Gasteiger partial charge on any atom is 0.102 e. The van der Waals surface area contributed by atoms with E-state index in [-0.39, 0.29) is 12.1 Å². The number of methoxy groups -OCH3 is 1. The second-order valence-electron chi connectivity index (χ2n) is 3.77. The fourth-order valence-corrected chi connectivity index (χ4v) is 0.960. The van der Waals surface area contributed by atoms with Crippen LogP contribution in [0.15, 0.2) is 0 Å². The van der Waals surface area contributed by atoms with Crippen molar-refractivity contribution < 1.29 is 9.13 Å². The number of hydrogen-bond acceptors (Lipinski definition) is 2. The van der Waals surface area contributed by atoms with Gasteiger partial charge in [-0.2, -0.15) is 0 Å². The van der Waals surface area contributed by atoms with E-state index in [0.29, 0.717) is 6.54 Å². The standard InChI is InChI=1S/C9H20FNO/c1-9(2,4-7-12-3)8-11-6-5-10/h11H,4-8H2,1-3H3. The van der Waals surface area contributed by atoms with Crippen LogP contribution in [0.5, 0.6) is 0 Å². The second-order valence-corrected chi connectivity index (χ2v) is 3.77. The van der Waals surface area contributed by atoms with Crippen molar-refractivity contribution in [2.24, 2.45) is 5.41 Å². The molecule has 0 aliphatic carbocycles. The molecule has 0 saturated carbocycles. The Morgan fingerprint density at radius 3 is 2.58 bits per heavy atom. The summed E-state index contributed by atoms with van der Waals surface area (Å²) in [6.07, 6.45) is 1.00. The van der Waals surface area contributed by atoms with E-state index in [2.05, 4.69) is 19.2 Å². The monoisotopic (exact) mass is 177 g/mol. The summed E-state index contributed by atoms with van der Waals surface area (Å²) in [5, 5.41) is 3.05. The molecule has 2 nitrogen and oxygen atoms in total. The van der Waals surface area contributed by atoms with Gasteiger partial charge in [0.2, 0.25) is 0 Å². The Morgan fingerprint density at radius 1 is 1.42 bits per heavy atom. The Labute approximate surface area is 74.5 Å². The molecular formula is C9H20FNO. The molecule has 0 atom stereocenters. The normalized spacial score (nSPS) is 12.0. The SMILES string of the molecule is COCCC(C)(C)CNCCF. The highest BCUT2D eigenvalue weighted by atomic mass is 19.1. The Morgan fingerprint density at radius 2 is 2.08 bits per heavy atom. The summed E-state index contributed by atoms with van der Waals surface area (Å²) in [4.78, 5) is 0. The second kappa shape index (κ2) is 6.38. The maximum atomic E-state index is 11.7. The zero-order valence-corrected chi connectivity index (χ0v) is 8.32. The molecule has 0 aromatic carbocycles. The van der Waals surface area contributed by atoms with E-state index < -0.39 is 0 Å². The van der Waals surface area contributed by atoms with E-state index in [1.54, 1.807) is 7.11 Å². The van der Waals surface area contributed by atoms with E-state index in [4.69, 9.17) is 4.74 Å². The molecule has 0 fully saturated rings. The Hall–Kier alpha value is -0.150. The first-order chi connectivity index (χ1) is 5.62. The van der Waals surface area contributed by atoms with Gasteiger partial charge in [-0.25, -0.2) is 4.39 Å². The lowest BCUT2D eigenvalue weighted by Gasteiger charge is -2.24. The number of ether oxygens (including phenoxy) is 1. The van der Waals surface area contributed by atoms with E-state index in [1.165, 1.54) is 0 Å². The van der Waals surface area contributed by atoms with Crippen LogP contribution in [0.1, 0.15) is 20.3 Å². The third kappa shape index (κ3) is 6.55. The molecule has 74 valence electrons. The zero-order chi connectivity index (χ0) is 9.45. The third-order valence-electron chi connectivity index (χ3n) is 1.86. The van der Waals surface area contributed by atoms with Gasteiger partial charge in [-0.3, -0.25) is 0 Å². The van der Waals surface area contributed by atoms with Gasteiger partial charge >= 0.3 is 0 Å². The molecular weight excluding hydrogens is 157 g/mol. The van der Waals surface area contributed by atoms with E-state index in [9.17, 15) is 4.39 Å². The van der Waals surface area contributed by atoms with E-state index in [0.717, 1.165) is 19.6 Å². The van der Waals surface area contributed by atoms with Crippen LogP contribution in [-0.4, -0.2) is 33.5 Å². The average Bonchev–Trinajstić information content (AvgIpc) is 2.01. The summed E-state index contributed by atoms with van der Waals surface area (Å²) in [6, 6.07) is 0. The van der Waals surface area contributed by atoms with Crippen molar-refractivity contribution in [3.8, 4) is 0 Å². The molecule has 0 aromatic heterocycles. The first kappa shape index (κ1) is 11.8. The minimum Gasteiger partial charge on any atom is -0.385 e. The summed E-state index contributed by atoms with van der Waals surface area (Å²) in [7, 11) is 1.70. The Bertz CT molecular complexity index is 107. The van der Waals surface area contributed by atoms with Crippen LogP contribution in [0, 0.1) is 5.41 Å². The highest BCUT2D eigenvalue weighted by molar-refractivity contribution is 4.70. The first-order valence-corrected chi connectivity index (χ1v) is 4.38. The van der Waals surface area contributed by atoms with Gasteiger partial charge in [0.05, 0.1) is 0 Å². The average molecular weight is 177 g/mol. The molecule has 0 bridgehead atoms. The molecule has 0 heterocycles. The van der Waals surface area contributed by atoms with Gasteiger partial charge < -0.3 is 10.1 Å². The topological polar surface area (TPSA) is 21.3 Å². The van der Waals surface area contributed by atoms with Crippen molar-refractivity contribution in [3.05, 3.63) is 0 Å². The third-order valence-corrected chi connectivity index (χ3v) is 1.86. The van der Waals surface area contributed by atoms with E-state index in [1.807, 2.05) is 0 Å². The molecule has 0 saturated heterocycles. The predicted molar refractivity (Wildman–Crippen MR) is 49.1 cm³/mol. The van der Waals surface area contributed by atoms with Gasteiger partial charge in [-0.15, -0.1) is 0 Å². The number of nitrogens with one attached hydrogen (secondary N) is 1. The molecule has 1 N–H and O–H groups in total. The summed E-state index contributed by atoms with van der Waals surface area (Å²) in [5.41, 5.74) is 0.200. The van der Waals surface area contributed by atoms with Crippen LogP contribution in [0.2, 0.25) is 0 Å². The molecule has 0 aliphatic heterocycles. The molecule has 0 aromatic rings. The molecule has 0 amide bonds. The van der Waals surface area contributed by atoms with Gasteiger partial charge in [0.15, 0.2) is 0 Å². The summed E-state index contributed by atoms with van der Waals surface area (Å²) in [5.74, 6) is 0. The lowest BCUT2D eigenvalue weighted by Crippen LogP contribution is -2.31. The lowest BCUT2D eigenvalue weighted by atomic mass is 9.90. The minimum atomic E-state index is -0.291. The zero-order valence-electron chi connectivity index (χ0n) is 8.32. The van der Waals surface area contributed by atoms with Crippen molar-refractivity contribution in [1.82, 2.24) is 5.32 Å². The molecule has 0 aliphatic rings. The highest BCUT2D eigenvalue weighted by Gasteiger charge is 2.16. The van der Waals surface area contributed by atoms with Gasteiger partial charge in [-0.1, -0.05) is 13.8 Å². The van der Waals surface area contributed by atoms with Gasteiger partial charge in [0.25, 0.3) is 0 Å². The van der Waals surface area contributed by atoms with Crippen molar-refractivity contribution in [1.29, 1.82) is 0 Å². The summed E-state index contributed by atoms with van der Waals surface area (Å²) in [6.45, 7) is 6.08. The van der Waals surface area contributed by atoms with Crippen LogP contribution in [0.4, 0.5) is 4.39 Å². The van der Waals surface area contributed by atoms with Crippen molar-refractivity contribution in [2.45, 2.75) is 20.3 Å². The van der Waals surface area contributed by atoms with Crippen LogP contribution in [0.3, 0.4) is 0 Å². The quantitative estimate of drug-likeness (QED) is 0.596. The first-order valence-electron chi connectivity index (χ1n) is 4.38. The smallest absolute Gasteiger partial charge is 0.102 e. The fraction of sp³-hybridized carbons (Fsp3) is 1.00. The van der Waals surface area contributed by atoms with Crippen molar-refractivity contribution in [2.75, 3.05) is 33.5 Å². The Kier molecular flexibility index (Phi) is 6.30. The van der Waals surface area contributed by atoms with E-state index >= 15 is 0 Å². The van der Waals surface area contributed by atoms with Crippen LogP contribution >= 0.6 is 0 Å². The fourth-order valence-electron chi connectivity index (χ4n) is 0.960. The van der Waals surface area contributed by atoms with Gasteiger partial charge in [0.1, 0.15) is 6.67 Å². The number of alkyl halides is 1. The molecule has 0 rings (SSSR count). The summed E-state index contributed by atoms with van der Waals surface area (Å²) >= 11 is 0. The van der Waals surface area contributed by atoms with Crippen molar-refractivity contribution in [3.63, 3.8) is 0 Å². The number of rotatable bonds is 7. The lowest BCUT2D eigenvalue weighted by molar-refractivity contribution is 0.150. The Balaban J connectivity index is 3.42. The van der Waals surface area contributed by atoms with Crippen LogP contribution in [0.25, 0.3) is 0 Å². The van der Waals surface area contributed by atoms with Gasteiger partial charge in [-0.05, 0) is 11.8 Å². The molecule has 0 spiro atoms.